The van der Waals surface area contributed by atoms with Crippen molar-refractivity contribution >= 4 is 5.82 Å². The molecule has 0 fully saturated rings. The second kappa shape index (κ2) is 7.28. The minimum atomic E-state index is 0.712. The molecule has 17 heavy (non-hydrogen) atoms. The van der Waals surface area contributed by atoms with Crippen molar-refractivity contribution in [2.45, 2.75) is 34.2 Å². The van der Waals surface area contributed by atoms with E-state index in [2.05, 4.69) is 55.0 Å². The molecule has 96 valence electrons. The Kier molecular flexibility index (Phi) is 5.98. The molecule has 3 nitrogen and oxygen atoms in total. The fraction of sp³-hybridized carbons (Fsp3) is 0.643. The number of rotatable bonds is 7. The Morgan fingerprint density at radius 1 is 1.29 bits per heavy atom. The summed E-state index contributed by atoms with van der Waals surface area (Å²) in [6, 6.07) is 4.22. The molecule has 0 atom stereocenters. The molecule has 0 unspecified atom stereocenters. The summed E-state index contributed by atoms with van der Waals surface area (Å²) in [5, 5.41) is 3.21. The summed E-state index contributed by atoms with van der Waals surface area (Å²) >= 11 is 0. The van der Waals surface area contributed by atoms with Crippen molar-refractivity contribution in [3.05, 3.63) is 23.9 Å². The number of hydrogen-bond acceptors (Lipinski definition) is 3. The zero-order valence-corrected chi connectivity index (χ0v) is 11.5. The van der Waals surface area contributed by atoms with Gasteiger partial charge in [0.05, 0.1) is 0 Å². The monoisotopic (exact) mass is 235 g/mol. The van der Waals surface area contributed by atoms with E-state index in [9.17, 15) is 0 Å². The van der Waals surface area contributed by atoms with Crippen LogP contribution in [0.5, 0.6) is 0 Å². The molecule has 0 bridgehead atoms. The second-order valence-electron chi connectivity index (χ2n) is 4.80. The standard InChI is InChI=1S/C14H25N3/c1-5-15-14-8-7-13(9-16-14)11-17(6-2)10-12(3)4/h7-9,12H,5-6,10-11H2,1-4H3,(H,15,16). The van der Waals surface area contributed by atoms with Gasteiger partial charge in [0.2, 0.25) is 0 Å². The van der Waals surface area contributed by atoms with E-state index in [1.807, 2.05) is 6.20 Å². The van der Waals surface area contributed by atoms with Gasteiger partial charge in [0.1, 0.15) is 5.82 Å². The van der Waals surface area contributed by atoms with Gasteiger partial charge in [-0.15, -0.1) is 0 Å². The Morgan fingerprint density at radius 3 is 2.53 bits per heavy atom. The van der Waals surface area contributed by atoms with Crippen molar-refractivity contribution in [1.29, 1.82) is 0 Å². The molecule has 0 spiro atoms. The number of aromatic nitrogens is 1. The summed E-state index contributed by atoms with van der Waals surface area (Å²) in [7, 11) is 0. The van der Waals surface area contributed by atoms with Crippen molar-refractivity contribution in [1.82, 2.24) is 9.88 Å². The molecular weight excluding hydrogens is 210 g/mol. The van der Waals surface area contributed by atoms with Crippen LogP contribution in [0.25, 0.3) is 0 Å². The van der Waals surface area contributed by atoms with E-state index in [0.29, 0.717) is 5.92 Å². The SMILES string of the molecule is CCNc1ccc(CN(CC)CC(C)C)cn1. The molecule has 0 aliphatic heterocycles. The lowest BCUT2D eigenvalue weighted by molar-refractivity contribution is 0.248. The van der Waals surface area contributed by atoms with Gasteiger partial charge in [-0.05, 0) is 31.0 Å². The summed E-state index contributed by atoms with van der Waals surface area (Å²) in [5.74, 6) is 1.67. The van der Waals surface area contributed by atoms with Crippen LogP contribution in [0.15, 0.2) is 18.3 Å². The predicted octanol–water partition coefficient (Wildman–Crippen LogP) is 2.99. The van der Waals surface area contributed by atoms with Gasteiger partial charge in [-0.2, -0.15) is 0 Å². The maximum atomic E-state index is 4.40. The highest BCUT2D eigenvalue weighted by Gasteiger charge is 2.06. The first kappa shape index (κ1) is 14.0. The molecule has 0 saturated heterocycles. The Labute approximate surface area is 105 Å². The Morgan fingerprint density at radius 2 is 2.06 bits per heavy atom. The molecule has 1 N–H and O–H groups in total. The highest BCUT2D eigenvalue weighted by Crippen LogP contribution is 2.09. The van der Waals surface area contributed by atoms with Gasteiger partial charge in [0.25, 0.3) is 0 Å². The van der Waals surface area contributed by atoms with E-state index in [1.165, 1.54) is 5.56 Å². The minimum Gasteiger partial charge on any atom is -0.370 e. The van der Waals surface area contributed by atoms with Gasteiger partial charge in [-0.1, -0.05) is 26.8 Å². The molecule has 3 heteroatoms. The summed E-state index contributed by atoms with van der Waals surface area (Å²) in [6.45, 7) is 13.0. The Hall–Kier alpha value is -1.09. The number of nitrogens with zero attached hydrogens (tertiary/aromatic N) is 2. The van der Waals surface area contributed by atoms with Crippen LogP contribution < -0.4 is 5.32 Å². The van der Waals surface area contributed by atoms with Crippen molar-refractivity contribution in [3.8, 4) is 0 Å². The first-order valence-corrected chi connectivity index (χ1v) is 6.56. The molecule has 0 aromatic carbocycles. The molecule has 0 aliphatic carbocycles. The molecule has 0 amide bonds. The summed E-state index contributed by atoms with van der Waals surface area (Å²) in [4.78, 5) is 6.85. The first-order valence-electron chi connectivity index (χ1n) is 6.56. The van der Waals surface area contributed by atoms with E-state index in [-0.39, 0.29) is 0 Å². The van der Waals surface area contributed by atoms with E-state index in [4.69, 9.17) is 0 Å². The molecule has 1 aromatic heterocycles. The van der Waals surface area contributed by atoms with Gasteiger partial charge < -0.3 is 5.32 Å². The zero-order chi connectivity index (χ0) is 12.7. The molecule has 0 aliphatic rings. The lowest BCUT2D eigenvalue weighted by Gasteiger charge is -2.22. The highest BCUT2D eigenvalue weighted by atomic mass is 15.1. The highest BCUT2D eigenvalue weighted by molar-refractivity contribution is 5.35. The van der Waals surface area contributed by atoms with E-state index in [0.717, 1.165) is 32.0 Å². The molecule has 0 radical (unpaired) electrons. The van der Waals surface area contributed by atoms with Gasteiger partial charge in [0.15, 0.2) is 0 Å². The van der Waals surface area contributed by atoms with Gasteiger partial charge in [-0.25, -0.2) is 4.98 Å². The van der Waals surface area contributed by atoms with Crippen LogP contribution >= 0.6 is 0 Å². The molecular formula is C14H25N3. The van der Waals surface area contributed by atoms with Crippen LogP contribution in [-0.2, 0) is 6.54 Å². The normalized spacial score (nSPS) is 11.2. The number of anilines is 1. The van der Waals surface area contributed by atoms with Crippen molar-refractivity contribution in [2.24, 2.45) is 5.92 Å². The maximum absolute atomic E-state index is 4.40. The van der Waals surface area contributed by atoms with Crippen LogP contribution in [0.1, 0.15) is 33.3 Å². The average Bonchev–Trinajstić information content (AvgIpc) is 2.30. The zero-order valence-electron chi connectivity index (χ0n) is 11.5. The van der Waals surface area contributed by atoms with Crippen LogP contribution in [0.4, 0.5) is 5.82 Å². The topological polar surface area (TPSA) is 28.2 Å². The van der Waals surface area contributed by atoms with Gasteiger partial charge in [0, 0.05) is 25.8 Å². The molecule has 1 aromatic rings. The minimum absolute atomic E-state index is 0.712. The van der Waals surface area contributed by atoms with Crippen molar-refractivity contribution in [3.63, 3.8) is 0 Å². The van der Waals surface area contributed by atoms with E-state index >= 15 is 0 Å². The third-order valence-corrected chi connectivity index (χ3v) is 2.66. The van der Waals surface area contributed by atoms with Crippen LogP contribution in [0, 0.1) is 5.92 Å². The smallest absolute Gasteiger partial charge is 0.125 e. The Bertz CT molecular complexity index is 306. The maximum Gasteiger partial charge on any atom is 0.125 e. The van der Waals surface area contributed by atoms with E-state index < -0.39 is 0 Å². The predicted molar refractivity (Wildman–Crippen MR) is 74.2 cm³/mol. The fourth-order valence-corrected chi connectivity index (χ4v) is 1.88. The van der Waals surface area contributed by atoms with Crippen LogP contribution in [0.3, 0.4) is 0 Å². The number of nitrogens with one attached hydrogen (secondary N) is 1. The quantitative estimate of drug-likeness (QED) is 0.787. The third-order valence-electron chi connectivity index (χ3n) is 2.66. The molecule has 1 rings (SSSR count). The van der Waals surface area contributed by atoms with Gasteiger partial charge in [-0.3, -0.25) is 4.90 Å². The summed E-state index contributed by atoms with van der Waals surface area (Å²) in [6.07, 6.45) is 1.97. The molecule has 1 heterocycles. The van der Waals surface area contributed by atoms with Gasteiger partial charge >= 0.3 is 0 Å². The first-order chi connectivity index (χ1) is 8.15. The summed E-state index contributed by atoms with van der Waals surface area (Å²) < 4.78 is 0. The molecule has 0 saturated carbocycles. The average molecular weight is 235 g/mol. The van der Waals surface area contributed by atoms with Crippen molar-refractivity contribution < 1.29 is 0 Å². The number of pyridine rings is 1. The Balaban J connectivity index is 2.54. The lowest BCUT2D eigenvalue weighted by atomic mass is 10.2. The van der Waals surface area contributed by atoms with E-state index in [1.54, 1.807) is 0 Å². The third kappa shape index (κ3) is 5.18. The van der Waals surface area contributed by atoms with Crippen LogP contribution in [0.2, 0.25) is 0 Å². The number of hydrogen-bond donors (Lipinski definition) is 1. The fourth-order valence-electron chi connectivity index (χ4n) is 1.88. The lowest BCUT2D eigenvalue weighted by Crippen LogP contribution is -2.27. The summed E-state index contributed by atoms with van der Waals surface area (Å²) in [5.41, 5.74) is 1.29. The van der Waals surface area contributed by atoms with Crippen LogP contribution in [-0.4, -0.2) is 29.5 Å². The van der Waals surface area contributed by atoms with Crippen molar-refractivity contribution in [2.75, 3.05) is 25.0 Å². The second-order valence-corrected chi connectivity index (χ2v) is 4.80. The largest absolute Gasteiger partial charge is 0.370 e.